The smallest absolute Gasteiger partial charge is 0.838 e. The Labute approximate surface area is 81.8 Å². The Balaban J connectivity index is 0.000001000. The van der Waals surface area contributed by atoms with Gasteiger partial charge in [0, 0.05) is 5.60 Å². The molecule has 0 radical (unpaired) electrons. The first-order valence-corrected chi connectivity index (χ1v) is 6.34. The molecular formula is C7H15LiO2Si. The zero-order valence-electron chi connectivity index (χ0n) is 7.94. The van der Waals surface area contributed by atoms with Crippen molar-refractivity contribution in [3.8, 4) is 0 Å². The van der Waals surface area contributed by atoms with E-state index in [1.165, 1.54) is 0 Å². The van der Waals surface area contributed by atoms with Gasteiger partial charge in [0.05, 0.1) is 8.56 Å². The molecule has 1 heterocycles. The summed E-state index contributed by atoms with van der Waals surface area (Å²) in [5.74, 6) is 0. The molecule has 0 aromatic heterocycles. The van der Waals surface area contributed by atoms with Crippen LogP contribution in [0.25, 0.3) is 0 Å². The summed E-state index contributed by atoms with van der Waals surface area (Å²) in [5, 5.41) is 0. The first-order chi connectivity index (χ1) is 4.41. The van der Waals surface area contributed by atoms with Gasteiger partial charge in [-0.2, -0.15) is 0 Å². The van der Waals surface area contributed by atoms with Crippen LogP contribution in [0.15, 0.2) is 0 Å². The third kappa shape index (κ3) is 3.77. The molecule has 11 heavy (non-hydrogen) atoms. The summed E-state index contributed by atoms with van der Waals surface area (Å²) in [6.45, 7) is 5.78. The van der Waals surface area contributed by atoms with E-state index in [4.69, 9.17) is 4.43 Å². The summed E-state index contributed by atoms with van der Waals surface area (Å²) in [6.07, 6.45) is 2.09. The van der Waals surface area contributed by atoms with E-state index in [-0.39, 0.29) is 24.5 Å². The van der Waals surface area contributed by atoms with E-state index in [0.717, 1.165) is 18.9 Å². The van der Waals surface area contributed by atoms with E-state index in [1.807, 2.05) is 13.8 Å². The number of hydrogen-bond acceptors (Lipinski definition) is 2. The molecule has 1 rings (SSSR count). The van der Waals surface area contributed by atoms with E-state index in [0.29, 0.717) is 0 Å². The second kappa shape index (κ2) is 3.63. The van der Waals surface area contributed by atoms with Gasteiger partial charge in [0.25, 0.3) is 0 Å². The van der Waals surface area contributed by atoms with Crippen LogP contribution in [0.2, 0.25) is 12.6 Å². The molecule has 0 amide bonds. The van der Waals surface area contributed by atoms with Crippen LogP contribution >= 0.6 is 0 Å². The van der Waals surface area contributed by atoms with Gasteiger partial charge in [-0.1, -0.05) is 13.0 Å². The summed E-state index contributed by atoms with van der Waals surface area (Å²) >= 11 is 0. The predicted octanol–water partition coefficient (Wildman–Crippen LogP) is -1.99. The maximum Gasteiger partial charge on any atom is 1.00 e. The molecule has 0 aromatic rings. The Hall–Kier alpha value is 0.734. The van der Waals surface area contributed by atoms with Crippen molar-refractivity contribution in [2.45, 2.75) is 44.9 Å². The molecule has 60 valence electrons. The fourth-order valence-corrected chi connectivity index (χ4v) is 3.71. The quantitative estimate of drug-likeness (QED) is 0.390. The van der Waals surface area contributed by atoms with Gasteiger partial charge in [0.15, 0.2) is 0 Å². The molecule has 1 aliphatic heterocycles. The van der Waals surface area contributed by atoms with Crippen molar-refractivity contribution in [3.63, 3.8) is 0 Å². The second-order valence-electron chi connectivity index (χ2n) is 3.85. The summed E-state index contributed by atoms with van der Waals surface area (Å²) in [5.41, 5.74) is -0.138. The van der Waals surface area contributed by atoms with E-state index < -0.39 is 8.56 Å². The van der Waals surface area contributed by atoms with Gasteiger partial charge < -0.3 is 9.22 Å². The van der Waals surface area contributed by atoms with Crippen molar-refractivity contribution in [2.75, 3.05) is 0 Å². The first-order valence-electron chi connectivity index (χ1n) is 3.82. The molecule has 0 saturated carbocycles. The second-order valence-corrected chi connectivity index (χ2v) is 6.82. The molecule has 0 aromatic carbocycles. The minimum atomic E-state index is -2.48. The average Bonchev–Trinajstić information content (AvgIpc) is 1.56. The molecule has 1 unspecified atom stereocenters. The topological polar surface area (TPSA) is 32.3 Å². The Morgan fingerprint density at radius 2 is 2.00 bits per heavy atom. The largest absolute Gasteiger partial charge is 1.00 e. The molecule has 1 saturated heterocycles. The molecule has 0 spiro atoms. The molecule has 1 atom stereocenters. The van der Waals surface area contributed by atoms with E-state index in [9.17, 15) is 4.80 Å². The maximum absolute atomic E-state index is 11.5. The van der Waals surface area contributed by atoms with Gasteiger partial charge in [0.1, 0.15) is 0 Å². The average molecular weight is 166 g/mol. The Kier molecular flexibility index (Phi) is 3.87. The molecule has 0 aliphatic carbocycles. The minimum absolute atomic E-state index is 0. The van der Waals surface area contributed by atoms with E-state index in [1.54, 1.807) is 6.55 Å². The van der Waals surface area contributed by atoms with Crippen molar-refractivity contribution in [1.82, 2.24) is 0 Å². The molecule has 0 N–H and O–H groups in total. The zero-order valence-corrected chi connectivity index (χ0v) is 8.94. The minimum Gasteiger partial charge on any atom is -0.838 e. The van der Waals surface area contributed by atoms with Crippen LogP contribution < -0.4 is 23.7 Å². The Morgan fingerprint density at radius 1 is 1.45 bits per heavy atom. The molecular weight excluding hydrogens is 151 g/mol. The van der Waals surface area contributed by atoms with Crippen molar-refractivity contribution in [2.24, 2.45) is 0 Å². The first kappa shape index (κ1) is 11.7. The zero-order chi connectivity index (χ0) is 7.83. The van der Waals surface area contributed by atoms with Crippen LogP contribution in [-0.4, -0.2) is 14.2 Å². The van der Waals surface area contributed by atoms with Crippen molar-refractivity contribution in [3.05, 3.63) is 0 Å². The van der Waals surface area contributed by atoms with Crippen LogP contribution in [0.5, 0.6) is 0 Å². The fraction of sp³-hybridized carbons (Fsp3) is 1.00. The molecule has 0 bridgehead atoms. The van der Waals surface area contributed by atoms with Gasteiger partial charge in [-0.3, -0.25) is 0 Å². The van der Waals surface area contributed by atoms with Crippen LogP contribution in [0.1, 0.15) is 26.7 Å². The van der Waals surface area contributed by atoms with Gasteiger partial charge in [-0.25, -0.2) is 0 Å². The molecule has 4 heteroatoms. The van der Waals surface area contributed by atoms with Crippen molar-refractivity contribution >= 4 is 8.56 Å². The van der Waals surface area contributed by atoms with Crippen LogP contribution in [0.3, 0.4) is 0 Å². The summed E-state index contributed by atoms with van der Waals surface area (Å²) in [4.78, 5) is 11.5. The van der Waals surface area contributed by atoms with Crippen molar-refractivity contribution < 1.29 is 28.1 Å². The third-order valence-electron chi connectivity index (χ3n) is 1.90. The van der Waals surface area contributed by atoms with Crippen molar-refractivity contribution in [1.29, 1.82) is 0 Å². The predicted molar refractivity (Wildman–Crippen MR) is 40.8 cm³/mol. The van der Waals surface area contributed by atoms with Gasteiger partial charge in [-0.05, 0) is 26.3 Å². The Morgan fingerprint density at radius 3 is 2.27 bits per heavy atom. The fourth-order valence-electron chi connectivity index (χ4n) is 1.52. The normalized spacial score (nSPS) is 36.0. The van der Waals surface area contributed by atoms with E-state index >= 15 is 0 Å². The van der Waals surface area contributed by atoms with Crippen LogP contribution in [0.4, 0.5) is 0 Å². The van der Waals surface area contributed by atoms with Crippen LogP contribution in [0, 0.1) is 0 Å². The third-order valence-corrected chi connectivity index (χ3v) is 4.15. The Bertz CT molecular complexity index is 122. The number of hydrogen-bond donors (Lipinski definition) is 0. The molecule has 1 aliphatic rings. The summed E-state index contributed by atoms with van der Waals surface area (Å²) in [7, 11) is -2.48. The summed E-state index contributed by atoms with van der Waals surface area (Å²) < 4.78 is 5.44. The van der Waals surface area contributed by atoms with E-state index in [2.05, 4.69) is 0 Å². The van der Waals surface area contributed by atoms with Crippen LogP contribution in [-0.2, 0) is 4.43 Å². The molecule has 2 nitrogen and oxygen atoms in total. The maximum atomic E-state index is 11.5. The van der Waals surface area contributed by atoms with Gasteiger partial charge in [0.2, 0.25) is 0 Å². The van der Waals surface area contributed by atoms with Gasteiger partial charge in [-0.15, -0.1) is 0 Å². The summed E-state index contributed by atoms with van der Waals surface area (Å²) in [6, 6.07) is 0.788. The monoisotopic (exact) mass is 166 g/mol. The molecule has 1 fully saturated rings. The SMILES string of the molecule is CC1(C)CCC[Si](C)([O-])O1.[Li+]. The van der Waals surface area contributed by atoms with Gasteiger partial charge >= 0.3 is 18.9 Å². The standard InChI is InChI=1S/C7H15O2Si.Li/c1-7(2)5-4-6-10(3,8)9-7;/h4-6H2,1-3H3;/q-1;+1. The number of rotatable bonds is 0.